The van der Waals surface area contributed by atoms with E-state index in [-0.39, 0.29) is 46.2 Å². The van der Waals surface area contributed by atoms with E-state index in [2.05, 4.69) is 10.3 Å². The molecule has 4 aromatic rings. The van der Waals surface area contributed by atoms with Gasteiger partial charge in [0.2, 0.25) is 5.78 Å². The molecule has 0 radical (unpaired) electrons. The van der Waals surface area contributed by atoms with Crippen LogP contribution in [0.1, 0.15) is 68.8 Å². The summed E-state index contributed by atoms with van der Waals surface area (Å²) in [5, 5.41) is 3.13. The molecular formula is C32H31ClF2N2O4S. The molecule has 1 heterocycles. The van der Waals surface area contributed by atoms with E-state index >= 15 is 4.39 Å². The van der Waals surface area contributed by atoms with Gasteiger partial charge in [-0.2, -0.15) is 0 Å². The van der Waals surface area contributed by atoms with Gasteiger partial charge < -0.3 is 10.3 Å². The van der Waals surface area contributed by atoms with Gasteiger partial charge in [-0.3, -0.25) is 9.59 Å². The monoisotopic (exact) mass is 612 g/mol. The zero-order valence-electron chi connectivity index (χ0n) is 23.6. The first-order valence-corrected chi connectivity index (χ1v) is 15.7. The summed E-state index contributed by atoms with van der Waals surface area (Å²) in [6.07, 6.45) is 2.37. The van der Waals surface area contributed by atoms with Crippen LogP contribution in [0.2, 0.25) is 5.02 Å². The van der Waals surface area contributed by atoms with Crippen LogP contribution in [0.3, 0.4) is 0 Å². The molecule has 220 valence electrons. The van der Waals surface area contributed by atoms with Gasteiger partial charge in [-0.05, 0) is 53.8 Å². The van der Waals surface area contributed by atoms with Crippen molar-refractivity contribution in [2.24, 2.45) is 0 Å². The number of rotatable bonds is 10. The quantitative estimate of drug-likeness (QED) is 0.192. The number of ketones is 1. The Morgan fingerprint density at radius 1 is 0.952 bits per heavy atom. The third-order valence-electron chi connectivity index (χ3n) is 7.12. The molecule has 1 amide bonds. The van der Waals surface area contributed by atoms with Gasteiger partial charge in [0, 0.05) is 46.6 Å². The molecule has 1 atom stereocenters. The van der Waals surface area contributed by atoms with Crippen molar-refractivity contribution < 1.29 is 26.8 Å². The Hall–Kier alpha value is -3.82. The lowest BCUT2D eigenvalue weighted by molar-refractivity contribution is 0.0952. The number of nitrogens with one attached hydrogen (secondary N) is 2. The number of sulfone groups is 1. The van der Waals surface area contributed by atoms with Gasteiger partial charge in [-0.15, -0.1) is 0 Å². The number of benzene rings is 3. The van der Waals surface area contributed by atoms with Gasteiger partial charge in [0.1, 0.15) is 21.5 Å². The third-order valence-corrected chi connectivity index (χ3v) is 8.37. The van der Waals surface area contributed by atoms with E-state index in [9.17, 15) is 22.4 Å². The predicted molar refractivity (Wildman–Crippen MR) is 161 cm³/mol. The van der Waals surface area contributed by atoms with Gasteiger partial charge in [0.15, 0.2) is 0 Å². The van der Waals surface area contributed by atoms with Crippen LogP contribution in [-0.2, 0) is 9.84 Å². The molecule has 0 aliphatic heterocycles. The summed E-state index contributed by atoms with van der Waals surface area (Å²) in [7, 11) is -3.45. The first-order valence-electron chi connectivity index (χ1n) is 13.3. The lowest BCUT2D eigenvalue weighted by Crippen LogP contribution is -2.31. The second-order valence-corrected chi connectivity index (χ2v) is 13.3. The number of carbonyl (C=O) groups excluding carboxylic acids is 2. The largest absolute Gasteiger partial charge is 0.357 e. The van der Waals surface area contributed by atoms with E-state index in [1.807, 2.05) is 26.0 Å². The molecule has 0 saturated carbocycles. The highest BCUT2D eigenvalue weighted by Gasteiger charge is 2.28. The summed E-state index contributed by atoms with van der Waals surface area (Å²) in [5.74, 6) is -3.36. The number of carbonyl (C=O) groups is 2. The number of aromatic amines is 1. The summed E-state index contributed by atoms with van der Waals surface area (Å²) in [5.41, 5.74) is 1.40. The van der Waals surface area contributed by atoms with Crippen molar-refractivity contribution in [2.45, 2.75) is 32.6 Å². The Kier molecular flexibility index (Phi) is 9.33. The van der Waals surface area contributed by atoms with Crippen LogP contribution in [-0.4, -0.2) is 43.6 Å². The van der Waals surface area contributed by atoms with E-state index < -0.39 is 39.1 Å². The molecule has 0 aliphatic carbocycles. The standard InChI is InChI=1S/C32H31ClF2N2O4S/c1-18(2)20-8-10-21(11-9-20)31(38)30-29(28-19(3)26(34)12-13-27(28)35)25(16-36-30)32(39)37-15-23(17-42(4,40)41)22-6-5-7-24(33)14-22/h5-14,16,18,23,36H,15,17H2,1-4H3,(H,37,39)/t23-/m0/s1. The number of H-pyrrole nitrogens is 1. The highest BCUT2D eigenvalue weighted by atomic mass is 35.5. The SMILES string of the molecule is Cc1c(F)ccc(F)c1-c1c(C(=O)NC[C@@H](CS(C)(=O)=O)c2cccc(Cl)c2)c[nH]c1C(=O)c1ccc(C(C)C)cc1. The Bertz CT molecular complexity index is 1750. The molecule has 42 heavy (non-hydrogen) atoms. The summed E-state index contributed by atoms with van der Waals surface area (Å²) in [6, 6.07) is 15.5. The summed E-state index contributed by atoms with van der Waals surface area (Å²) in [4.78, 5) is 30.0. The Balaban J connectivity index is 1.76. The Morgan fingerprint density at radius 2 is 1.62 bits per heavy atom. The fourth-order valence-electron chi connectivity index (χ4n) is 4.88. The maximum Gasteiger partial charge on any atom is 0.253 e. The third kappa shape index (κ3) is 6.97. The number of hydrogen-bond donors (Lipinski definition) is 2. The number of hydrogen-bond acceptors (Lipinski definition) is 4. The van der Waals surface area contributed by atoms with Crippen molar-refractivity contribution in [3.05, 3.63) is 117 Å². The molecule has 3 aromatic carbocycles. The average Bonchev–Trinajstić information content (AvgIpc) is 3.37. The number of amides is 1. The van der Waals surface area contributed by atoms with Crippen LogP contribution in [0.4, 0.5) is 8.78 Å². The Morgan fingerprint density at radius 3 is 2.24 bits per heavy atom. The maximum absolute atomic E-state index is 15.3. The van der Waals surface area contributed by atoms with Crippen LogP contribution in [0.25, 0.3) is 11.1 Å². The molecule has 0 spiro atoms. The van der Waals surface area contributed by atoms with Crippen LogP contribution >= 0.6 is 11.6 Å². The van der Waals surface area contributed by atoms with Crippen LogP contribution in [0, 0.1) is 18.6 Å². The molecule has 10 heteroatoms. The number of halogens is 3. The van der Waals surface area contributed by atoms with Crippen molar-refractivity contribution in [1.82, 2.24) is 10.3 Å². The summed E-state index contributed by atoms with van der Waals surface area (Å²) >= 11 is 6.12. The van der Waals surface area contributed by atoms with Crippen LogP contribution in [0.5, 0.6) is 0 Å². The molecule has 0 unspecified atom stereocenters. The molecule has 0 fully saturated rings. The first-order chi connectivity index (χ1) is 19.8. The first kappa shape index (κ1) is 31.1. The second-order valence-electron chi connectivity index (χ2n) is 10.6. The second kappa shape index (κ2) is 12.6. The van der Waals surface area contributed by atoms with E-state index in [1.54, 1.807) is 36.4 Å². The minimum atomic E-state index is -3.45. The topological polar surface area (TPSA) is 96.1 Å². The molecule has 6 nitrogen and oxygen atoms in total. The smallest absolute Gasteiger partial charge is 0.253 e. The summed E-state index contributed by atoms with van der Waals surface area (Å²) < 4.78 is 54.3. The molecule has 0 saturated heterocycles. The fourth-order valence-corrected chi connectivity index (χ4v) is 6.12. The average molecular weight is 613 g/mol. The van der Waals surface area contributed by atoms with Gasteiger partial charge >= 0.3 is 0 Å². The minimum absolute atomic E-state index is 0.0678. The van der Waals surface area contributed by atoms with Crippen LogP contribution in [0.15, 0.2) is 66.9 Å². The zero-order valence-corrected chi connectivity index (χ0v) is 25.2. The predicted octanol–water partition coefficient (Wildman–Crippen LogP) is 6.83. The van der Waals surface area contributed by atoms with Crippen molar-refractivity contribution in [3.63, 3.8) is 0 Å². The van der Waals surface area contributed by atoms with Gasteiger partial charge in [0.25, 0.3) is 5.91 Å². The highest BCUT2D eigenvalue weighted by Crippen LogP contribution is 2.35. The van der Waals surface area contributed by atoms with Gasteiger partial charge in [0.05, 0.1) is 17.0 Å². The normalized spacial score (nSPS) is 12.4. The molecular weight excluding hydrogens is 582 g/mol. The molecule has 4 rings (SSSR count). The fraction of sp³-hybridized carbons (Fsp3) is 0.250. The van der Waals surface area contributed by atoms with E-state index in [0.29, 0.717) is 16.1 Å². The molecule has 2 N–H and O–H groups in total. The van der Waals surface area contributed by atoms with Crippen molar-refractivity contribution >= 4 is 33.1 Å². The van der Waals surface area contributed by atoms with E-state index in [0.717, 1.165) is 24.0 Å². The van der Waals surface area contributed by atoms with E-state index in [1.165, 1.54) is 13.1 Å². The zero-order chi connectivity index (χ0) is 30.8. The summed E-state index contributed by atoms with van der Waals surface area (Å²) in [6.45, 7) is 5.32. The van der Waals surface area contributed by atoms with Gasteiger partial charge in [-0.1, -0.05) is 61.8 Å². The maximum atomic E-state index is 15.3. The number of aromatic nitrogens is 1. The van der Waals surface area contributed by atoms with E-state index in [4.69, 9.17) is 11.6 Å². The van der Waals surface area contributed by atoms with Crippen molar-refractivity contribution in [3.8, 4) is 11.1 Å². The van der Waals surface area contributed by atoms with Crippen molar-refractivity contribution in [1.29, 1.82) is 0 Å². The molecule has 0 bridgehead atoms. The molecule has 0 aliphatic rings. The highest BCUT2D eigenvalue weighted by molar-refractivity contribution is 7.90. The van der Waals surface area contributed by atoms with Gasteiger partial charge in [-0.25, -0.2) is 17.2 Å². The molecule has 1 aromatic heterocycles. The minimum Gasteiger partial charge on any atom is -0.357 e. The lowest BCUT2D eigenvalue weighted by Gasteiger charge is -2.18. The lowest BCUT2D eigenvalue weighted by atomic mass is 9.92. The van der Waals surface area contributed by atoms with Crippen molar-refractivity contribution in [2.75, 3.05) is 18.6 Å². The Labute approximate surface area is 249 Å². The van der Waals surface area contributed by atoms with Crippen LogP contribution < -0.4 is 5.32 Å².